The van der Waals surface area contributed by atoms with E-state index in [0.29, 0.717) is 12.0 Å². The molecule has 102 valence electrons. The predicted molar refractivity (Wildman–Crippen MR) is 74.3 cm³/mol. The molecule has 4 heteroatoms. The van der Waals surface area contributed by atoms with Gasteiger partial charge in [-0.25, -0.2) is 9.59 Å². The van der Waals surface area contributed by atoms with Gasteiger partial charge in [-0.15, -0.1) is 0 Å². The van der Waals surface area contributed by atoms with Crippen LogP contribution in [0.1, 0.15) is 37.4 Å². The molecule has 2 aromatic carbocycles. The highest BCUT2D eigenvalue weighted by molar-refractivity contribution is 5.89. The van der Waals surface area contributed by atoms with Crippen molar-refractivity contribution in [2.75, 3.05) is 0 Å². The van der Waals surface area contributed by atoms with Crippen LogP contribution in [-0.4, -0.2) is 22.2 Å². The van der Waals surface area contributed by atoms with E-state index in [0.717, 1.165) is 16.7 Å². The molecule has 0 heterocycles. The van der Waals surface area contributed by atoms with Gasteiger partial charge in [-0.05, 0) is 48.2 Å². The zero-order valence-electron chi connectivity index (χ0n) is 11.0. The second kappa shape index (κ2) is 5.57. The lowest BCUT2D eigenvalue weighted by Gasteiger charge is -2.06. The first kappa shape index (κ1) is 13.8. The molecule has 0 aliphatic carbocycles. The summed E-state index contributed by atoms with van der Waals surface area (Å²) in [5, 5.41) is 17.8. The Morgan fingerprint density at radius 3 is 2.00 bits per heavy atom. The van der Waals surface area contributed by atoms with Gasteiger partial charge in [0, 0.05) is 0 Å². The molecule has 0 aliphatic heterocycles. The van der Waals surface area contributed by atoms with Crippen molar-refractivity contribution < 1.29 is 19.8 Å². The first-order valence-corrected chi connectivity index (χ1v) is 6.12. The molecular formula is C16H14O4. The quantitative estimate of drug-likeness (QED) is 0.895. The van der Waals surface area contributed by atoms with Crippen LogP contribution in [-0.2, 0) is 6.42 Å². The molecule has 0 atom stereocenters. The number of hydrogen-bond donors (Lipinski definition) is 2. The van der Waals surface area contributed by atoms with Crippen LogP contribution in [0.25, 0.3) is 0 Å². The SMILES string of the molecule is Cc1cc(Cc2ccc(C(=O)O)cc2)ccc1C(=O)O. The highest BCUT2D eigenvalue weighted by atomic mass is 16.4. The highest BCUT2D eigenvalue weighted by Crippen LogP contribution is 2.15. The first-order chi connectivity index (χ1) is 9.47. The van der Waals surface area contributed by atoms with E-state index in [9.17, 15) is 9.59 Å². The zero-order valence-corrected chi connectivity index (χ0v) is 11.0. The maximum atomic E-state index is 10.9. The van der Waals surface area contributed by atoms with Gasteiger partial charge < -0.3 is 10.2 Å². The number of hydrogen-bond acceptors (Lipinski definition) is 2. The lowest BCUT2D eigenvalue weighted by molar-refractivity contribution is 0.0685. The minimum atomic E-state index is -0.946. The molecular weight excluding hydrogens is 256 g/mol. The van der Waals surface area contributed by atoms with E-state index in [4.69, 9.17) is 10.2 Å². The van der Waals surface area contributed by atoms with Crippen molar-refractivity contribution in [3.8, 4) is 0 Å². The monoisotopic (exact) mass is 270 g/mol. The maximum absolute atomic E-state index is 10.9. The van der Waals surface area contributed by atoms with Gasteiger partial charge in [-0.3, -0.25) is 0 Å². The second-order valence-electron chi connectivity index (χ2n) is 4.63. The summed E-state index contributed by atoms with van der Waals surface area (Å²) in [6, 6.07) is 11.9. The summed E-state index contributed by atoms with van der Waals surface area (Å²) in [7, 11) is 0. The maximum Gasteiger partial charge on any atom is 0.335 e. The molecule has 0 aromatic heterocycles. The Hall–Kier alpha value is -2.62. The summed E-state index contributed by atoms with van der Waals surface area (Å²) in [6.45, 7) is 1.76. The Labute approximate surface area is 116 Å². The first-order valence-electron chi connectivity index (χ1n) is 6.12. The molecule has 20 heavy (non-hydrogen) atoms. The predicted octanol–water partition coefficient (Wildman–Crippen LogP) is 2.98. The molecule has 0 radical (unpaired) electrons. The normalized spacial score (nSPS) is 10.2. The Bertz CT molecular complexity index is 657. The van der Waals surface area contributed by atoms with E-state index in [2.05, 4.69) is 0 Å². The second-order valence-corrected chi connectivity index (χ2v) is 4.63. The standard InChI is InChI=1S/C16H14O4/c1-10-8-12(4-7-14(10)16(19)20)9-11-2-5-13(6-3-11)15(17)18/h2-8H,9H2,1H3,(H,17,18)(H,19,20). The van der Waals surface area contributed by atoms with Gasteiger partial charge in [-0.2, -0.15) is 0 Å². The molecule has 0 saturated carbocycles. The minimum Gasteiger partial charge on any atom is -0.478 e. The summed E-state index contributed by atoms with van der Waals surface area (Å²) in [4.78, 5) is 21.7. The molecule has 0 amide bonds. The van der Waals surface area contributed by atoms with Crippen molar-refractivity contribution in [3.05, 3.63) is 70.3 Å². The summed E-state index contributed by atoms with van der Waals surface area (Å²) in [5.74, 6) is -1.88. The third kappa shape index (κ3) is 3.03. The lowest BCUT2D eigenvalue weighted by Crippen LogP contribution is -2.01. The number of rotatable bonds is 4. The topological polar surface area (TPSA) is 74.6 Å². The molecule has 0 bridgehead atoms. The Morgan fingerprint density at radius 1 is 0.900 bits per heavy atom. The summed E-state index contributed by atoms with van der Waals surface area (Å²) in [6.07, 6.45) is 0.640. The van der Waals surface area contributed by atoms with Crippen molar-refractivity contribution in [2.45, 2.75) is 13.3 Å². The van der Waals surface area contributed by atoms with E-state index in [1.165, 1.54) is 0 Å². The average Bonchev–Trinajstić information content (AvgIpc) is 2.39. The molecule has 2 N–H and O–H groups in total. The third-order valence-corrected chi connectivity index (χ3v) is 3.13. The molecule has 0 spiro atoms. The van der Waals surface area contributed by atoms with Crippen LogP contribution < -0.4 is 0 Å². The molecule has 4 nitrogen and oxygen atoms in total. The molecule has 0 saturated heterocycles. The Morgan fingerprint density at radius 2 is 1.50 bits per heavy atom. The van der Waals surface area contributed by atoms with E-state index in [1.54, 1.807) is 43.3 Å². The van der Waals surface area contributed by atoms with Crippen molar-refractivity contribution >= 4 is 11.9 Å². The fraction of sp³-hybridized carbons (Fsp3) is 0.125. The van der Waals surface area contributed by atoms with Gasteiger partial charge in [0.2, 0.25) is 0 Å². The van der Waals surface area contributed by atoms with Crippen LogP contribution in [0.3, 0.4) is 0 Å². The van der Waals surface area contributed by atoms with Gasteiger partial charge in [0.15, 0.2) is 0 Å². The minimum absolute atomic E-state index is 0.256. The van der Waals surface area contributed by atoms with E-state index < -0.39 is 11.9 Å². The number of aryl methyl sites for hydroxylation is 1. The molecule has 2 aromatic rings. The van der Waals surface area contributed by atoms with Crippen molar-refractivity contribution in [3.63, 3.8) is 0 Å². The lowest BCUT2D eigenvalue weighted by atomic mass is 9.99. The third-order valence-electron chi connectivity index (χ3n) is 3.13. The van der Waals surface area contributed by atoms with Crippen LogP contribution >= 0.6 is 0 Å². The van der Waals surface area contributed by atoms with Gasteiger partial charge in [0.05, 0.1) is 11.1 Å². The van der Waals surface area contributed by atoms with Gasteiger partial charge >= 0.3 is 11.9 Å². The average molecular weight is 270 g/mol. The number of carboxylic acids is 2. The highest BCUT2D eigenvalue weighted by Gasteiger charge is 2.08. The Kier molecular flexibility index (Phi) is 3.84. The van der Waals surface area contributed by atoms with E-state index in [1.807, 2.05) is 6.07 Å². The summed E-state index contributed by atoms with van der Waals surface area (Å²) >= 11 is 0. The number of benzene rings is 2. The number of carboxylic acid groups (broad SMARTS) is 2. The largest absolute Gasteiger partial charge is 0.478 e. The summed E-state index contributed by atoms with van der Waals surface area (Å²) in [5.41, 5.74) is 3.26. The van der Waals surface area contributed by atoms with Crippen LogP contribution in [0, 0.1) is 6.92 Å². The van der Waals surface area contributed by atoms with Crippen molar-refractivity contribution in [1.82, 2.24) is 0 Å². The van der Waals surface area contributed by atoms with Crippen LogP contribution in [0.5, 0.6) is 0 Å². The van der Waals surface area contributed by atoms with Gasteiger partial charge in [-0.1, -0.05) is 24.3 Å². The zero-order chi connectivity index (χ0) is 14.7. The molecule has 0 unspecified atom stereocenters. The van der Waals surface area contributed by atoms with E-state index in [-0.39, 0.29) is 5.56 Å². The van der Waals surface area contributed by atoms with Crippen LogP contribution in [0.2, 0.25) is 0 Å². The fourth-order valence-corrected chi connectivity index (χ4v) is 2.08. The number of aromatic carboxylic acids is 2. The van der Waals surface area contributed by atoms with Crippen LogP contribution in [0.4, 0.5) is 0 Å². The van der Waals surface area contributed by atoms with Crippen molar-refractivity contribution in [1.29, 1.82) is 0 Å². The molecule has 2 rings (SSSR count). The van der Waals surface area contributed by atoms with Crippen molar-refractivity contribution in [2.24, 2.45) is 0 Å². The molecule has 0 aliphatic rings. The molecule has 0 fully saturated rings. The van der Waals surface area contributed by atoms with Crippen LogP contribution in [0.15, 0.2) is 42.5 Å². The van der Waals surface area contributed by atoms with E-state index >= 15 is 0 Å². The number of carbonyl (C=O) groups is 2. The Balaban J connectivity index is 2.19. The van der Waals surface area contributed by atoms with Gasteiger partial charge in [0.1, 0.15) is 0 Å². The smallest absolute Gasteiger partial charge is 0.335 e. The van der Waals surface area contributed by atoms with Gasteiger partial charge in [0.25, 0.3) is 0 Å². The fourth-order valence-electron chi connectivity index (χ4n) is 2.08. The summed E-state index contributed by atoms with van der Waals surface area (Å²) < 4.78 is 0.